The lowest BCUT2D eigenvalue weighted by atomic mass is 9.43. The predicted molar refractivity (Wildman–Crippen MR) is 281 cm³/mol. The molecule has 3 aliphatic rings. The Morgan fingerprint density at radius 3 is 1.92 bits per heavy atom. The van der Waals surface area contributed by atoms with Crippen LogP contribution in [0, 0.1) is 0 Å². The SMILES string of the molecule is CC(C)(C)c1ccc2c(c1)c1cc(C(C)(C)C)cc3c1n2-c1c2c(cc4c1C(C)(C)c1ccccc1-4)-c1c(ccc4sc5ccccc5c14)N(c1cccc4sc5ccccc5c14)B23. The molecule has 64 heavy (non-hydrogen) atoms. The first-order chi connectivity index (χ1) is 30.8. The van der Waals surface area contributed by atoms with Crippen LogP contribution in [0.25, 0.3) is 90.1 Å². The molecule has 1 aliphatic carbocycles. The molecule has 2 aliphatic heterocycles. The Balaban J connectivity index is 1.26. The van der Waals surface area contributed by atoms with Crippen LogP contribution in [-0.2, 0) is 16.2 Å². The molecule has 14 rings (SSSR count). The number of nitrogens with zero attached hydrogens (tertiary/aromatic N) is 2. The molecule has 0 atom stereocenters. The lowest BCUT2D eigenvalue weighted by Gasteiger charge is -2.44. The monoisotopic (exact) mass is 858 g/mol. The summed E-state index contributed by atoms with van der Waals surface area (Å²) in [5.41, 5.74) is 20.1. The maximum Gasteiger partial charge on any atom is 0.333 e. The first-order valence-electron chi connectivity index (χ1n) is 22.9. The van der Waals surface area contributed by atoms with Gasteiger partial charge in [0.1, 0.15) is 0 Å². The van der Waals surface area contributed by atoms with Crippen molar-refractivity contribution in [2.24, 2.45) is 0 Å². The van der Waals surface area contributed by atoms with Gasteiger partial charge in [0.2, 0.25) is 0 Å². The molecule has 0 fully saturated rings. The first-order valence-corrected chi connectivity index (χ1v) is 24.5. The van der Waals surface area contributed by atoms with Gasteiger partial charge in [0.25, 0.3) is 0 Å². The minimum Gasteiger partial charge on any atom is -0.376 e. The van der Waals surface area contributed by atoms with Crippen LogP contribution >= 0.6 is 22.7 Å². The molecule has 3 aromatic heterocycles. The molecule has 0 saturated carbocycles. The second-order valence-electron chi connectivity index (χ2n) is 21.3. The van der Waals surface area contributed by atoms with E-state index in [-0.39, 0.29) is 23.1 Å². The number of anilines is 2. The molecule has 308 valence electrons. The van der Waals surface area contributed by atoms with Gasteiger partial charge in [0, 0.05) is 79.2 Å². The minimum atomic E-state index is -0.242. The molecule has 0 N–H and O–H groups in total. The quantitative estimate of drug-likeness (QED) is 0.149. The minimum absolute atomic E-state index is 0.00376. The average molecular weight is 859 g/mol. The van der Waals surface area contributed by atoms with E-state index in [1.54, 1.807) is 0 Å². The molecule has 0 unspecified atom stereocenters. The third-order valence-electron chi connectivity index (χ3n) is 15.2. The lowest BCUT2D eigenvalue weighted by molar-refractivity contribution is 0.590. The number of aromatic nitrogens is 1. The fourth-order valence-electron chi connectivity index (χ4n) is 12.2. The highest BCUT2D eigenvalue weighted by molar-refractivity contribution is 7.26. The standard InChI is InChI=1S/C59H47BN2S2/c1-57(2,3)32-24-25-43-37(28-32)39-29-33(58(4,5)6)30-42-55(39)61(43)56-53-38(34-16-9-12-19-41(34)59(53,7)8)31-40-51-45(26-27-49-52(51)36-18-11-14-22-47(36)64-49)62(60(42)54(40)56)44-20-15-23-48-50(44)35-17-10-13-21-46(35)63-48/h9-31H,1-8H3. The summed E-state index contributed by atoms with van der Waals surface area (Å²) in [6.45, 7) is 19.1. The Morgan fingerprint density at radius 1 is 0.516 bits per heavy atom. The molecule has 0 amide bonds. The fourth-order valence-corrected chi connectivity index (χ4v) is 14.5. The zero-order valence-corrected chi connectivity index (χ0v) is 39.2. The van der Waals surface area contributed by atoms with Crippen molar-refractivity contribution < 1.29 is 0 Å². The molecule has 0 saturated heterocycles. The van der Waals surface area contributed by atoms with E-state index in [1.165, 1.54) is 135 Å². The topological polar surface area (TPSA) is 8.17 Å². The van der Waals surface area contributed by atoms with E-state index in [1.807, 2.05) is 22.7 Å². The Morgan fingerprint density at radius 2 is 1.17 bits per heavy atom. The van der Waals surface area contributed by atoms with Crippen LogP contribution in [0.2, 0.25) is 0 Å². The third-order valence-corrected chi connectivity index (χ3v) is 17.5. The molecule has 8 aromatic carbocycles. The van der Waals surface area contributed by atoms with Crippen molar-refractivity contribution in [1.82, 2.24) is 4.57 Å². The smallest absolute Gasteiger partial charge is 0.333 e. The number of benzene rings is 8. The molecule has 0 bridgehead atoms. The van der Waals surface area contributed by atoms with E-state index >= 15 is 0 Å². The summed E-state index contributed by atoms with van der Waals surface area (Å²) < 4.78 is 8.07. The van der Waals surface area contributed by atoms with E-state index in [2.05, 4.69) is 204 Å². The van der Waals surface area contributed by atoms with Gasteiger partial charge in [-0.25, -0.2) is 0 Å². The van der Waals surface area contributed by atoms with Crippen LogP contribution in [-0.4, -0.2) is 11.4 Å². The number of rotatable bonds is 1. The second-order valence-corrected chi connectivity index (χ2v) is 23.4. The molecule has 5 heterocycles. The van der Waals surface area contributed by atoms with Crippen molar-refractivity contribution in [3.63, 3.8) is 0 Å². The van der Waals surface area contributed by atoms with E-state index in [0.29, 0.717) is 0 Å². The van der Waals surface area contributed by atoms with Crippen molar-refractivity contribution >= 4 is 114 Å². The van der Waals surface area contributed by atoms with Crippen LogP contribution in [0.4, 0.5) is 11.4 Å². The van der Waals surface area contributed by atoms with Crippen molar-refractivity contribution in [3.05, 3.63) is 162 Å². The summed E-state index contributed by atoms with van der Waals surface area (Å²) in [6, 6.07) is 54.5. The number of fused-ring (bicyclic) bond motifs is 18. The van der Waals surface area contributed by atoms with Crippen molar-refractivity contribution in [3.8, 4) is 27.9 Å². The number of hydrogen-bond donors (Lipinski definition) is 0. The van der Waals surface area contributed by atoms with E-state index < -0.39 is 0 Å². The number of hydrogen-bond acceptors (Lipinski definition) is 3. The summed E-state index contributed by atoms with van der Waals surface area (Å²) in [5.74, 6) is 0. The summed E-state index contributed by atoms with van der Waals surface area (Å²) in [5, 5.41) is 8.06. The van der Waals surface area contributed by atoms with Crippen molar-refractivity contribution in [2.45, 2.75) is 71.6 Å². The summed E-state index contributed by atoms with van der Waals surface area (Å²) in [7, 11) is 0. The van der Waals surface area contributed by atoms with Gasteiger partial charge in [0.15, 0.2) is 0 Å². The highest BCUT2D eigenvalue weighted by atomic mass is 32.1. The van der Waals surface area contributed by atoms with Crippen LogP contribution in [0.15, 0.2) is 140 Å². The Kier molecular flexibility index (Phi) is 7.07. The largest absolute Gasteiger partial charge is 0.376 e. The van der Waals surface area contributed by atoms with Crippen LogP contribution in [0.5, 0.6) is 0 Å². The summed E-state index contributed by atoms with van der Waals surface area (Å²) >= 11 is 3.84. The fraction of sp³-hybridized carbons (Fsp3) is 0.186. The molecule has 0 spiro atoms. The van der Waals surface area contributed by atoms with Gasteiger partial charge in [-0.3, -0.25) is 0 Å². The van der Waals surface area contributed by atoms with Gasteiger partial charge in [-0.15, -0.1) is 22.7 Å². The predicted octanol–water partition coefficient (Wildman–Crippen LogP) is 15.7. The van der Waals surface area contributed by atoms with E-state index in [9.17, 15) is 0 Å². The zero-order valence-electron chi connectivity index (χ0n) is 37.6. The van der Waals surface area contributed by atoms with Gasteiger partial charge < -0.3 is 9.38 Å². The maximum absolute atomic E-state index is 2.80. The van der Waals surface area contributed by atoms with Crippen molar-refractivity contribution in [1.29, 1.82) is 0 Å². The molecular formula is C59H47BN2S2. The van der Waals surface area contributed by atoms with Crippen LogP contribution in [0.1, 0.15) is 77.6 Å². The summed E-state index contributed by atoms with van der Waals surface area (Å²) in [6.07, 6.45) is 0. The molecular weight excluding hydrogens is 812 g/mol. The summed E-state index contributed by atoms with van der Waals surface area (Å²) in [4.78, 5) is 2.80. The highest BCUT2D eigenvalue weighted by Crippen LogP contribution is 2.58. The van der Waals surface area contributed by atoms with Gasteiger partial charge in [-0.1, -0.05) is 134 Å². The van der Waals surface area contributed by atoms with Crippen LogP contribution in [0.3, 0.4) is 0 Å². The normalized spacial score (nSPS) is 14.9. The van der Waals surface area contributed by atoms with Gasteiger partial charge >= 0.3 is 6.85 Å². The third kappa shape index (κ3) is 4.62. The number of thiophene rings is 2. The Hall–Kier alpha value is -6.14. The molecule has 11 aromatic rings. The average Bonchev–Trinajstić information content (AvgIpc) is 4.01. The molecule has 0 radical (unpaired) electrons. The molecule has 2 nitrogen and oxygen atoms in total. The van der Waals surface area contributed by atoms with E-state index in [4.69, 9.17) is 0 Å². The Labute approximate surface area is 382 Å². The highest BCUT2D eigenvalue weighted by Gasteiger charge is 2.50. The van der Waals surface area contributed by atoms with Crippen LogP contribution < -0.4 is 15.7 Å². The lowest BCUT2D eigenvalue weighted by Crippen LogP contribution is -2.61. The second kappa shape index (κ2) is 12.1. The van der Waals surface area contributed by atoms with E-state index in [0.717, 1.165) is 0 Å². The van der Waals surface area contributed by atoms with Gasteiger partial charge in [-0.2, -0.15) is 0 Å². The van der Waals surface area contributed by atoms with Gasteiger partial charge in [-0.05, 0) is 121 Å². The first kappa shape index (κ1) is 37.3. The van der Waals surface area contributed by atoms with Crippen molar-refractivity contribution in [2.75, 3.05) is 4.81 Å². The maximum atomic E-state index is 2.80. The molecule has 5 heteroatoms. The van der Waals surface area contributed by atoms with Gasteiger partial charge in [0.05, 0.1) is 11.0 Å². The zero-order chi connectivity index (χ0) is 43.3. The Bertz CT molecular complexity index is 3920.